The van der Waals surface area contributed by atoms with Gasteiger partial charge < -0.3 is 19.7 Å². The summed E-state index contributed by atoms with van der Waals surface area (Å²) in [6, 6.07) is 12.2. The molecule has 1 amide bonds. The van der Waals surface area contributed by atoms with Crippen molar-refractivity contribution in [1.82, 2.24) is 10.3 Å². The molecule has 25 heavy (non-hydrogen) atoms. The zero-order valence-electron chi connectivity index (χ0n) is 14.6. The minimum atomic E-state index is -0.454. The van der Waals surface area contributed by atoms with Crippen molar-refractivity contribution in [3.63, 3.8) is 0 Å². The first kappa shape index (κ1) is 17.4. The van der Waals surface area contributed by atoms with E-state index >= 15 is 0 Å². The lowest BCUT2D eigenvalue weighted by Gasteiger charge is -2.29. The van der Waals surface area contributed by atoms with E-state index in [-0.39, 0.29) is 12.5 Å². The average molecular weight is 341 g/mol. The Balaban J connectivity index is 1.62. The van der Waals surface area contributed by atoms with Gasteiger partial charge in [0.2, 0.25) is 0 Å². The molecular weight excluding hydrogens is 318 g/mol. The van der Waals surface area contributed by atoms with Crippen LogP contribution in [-0.4, -0.2) is 44.5 Å². The molecular formula is C19H23N3O3. The summed E-state index contributed by atoms with van der Waals surface area (Å²) in [6.45, 7) is 2.06. The maximum atomic E-state index is 12.2. The number of methoxy groups -OCH3 is 2. The molecule has 0 bridgehead atoms. The number of rotatable bonds is 6. The average Bonchev–Trinajstić information content (AvgIpc) is 2.68. The van der Waals surface area contributed by atoms with Crippen LogP contribution in [0.15, 0.2) is 42.6 Å². The fourth-order valence-electron chi connectivity index (χ4n) is 2.94. The Kier molecular flexibility index (Phi) is 5.63. The molecule has 3 rings (SSSR count). The van der Waals surface area contributed by atoms with Crippen LogP contribution in [-0.2, 0) is 22.4 Å². The molecule has 0 radical (unpaired) electrons. The van der Waals surface area contributed by atoms with Gasteiger partial charge in [-0.3, -0.25) is 4.79 Å². The van der Waals surface area contributed by atoms with Crippen LogP contribution in [0.1, 0.15) is 21.5 Å². The van der Waals surface area contributed by atoms with E-state index in [9.17, 15) is 4.79 Å². The second-order valence-corrected chi connectivity index (χ2v) is 5.96. The number of hydrogen-bond acceptors (Lipinski definition) is 5. The highest BCUT2D eigenvalue weighted by molar-refractivity contribution is 5.94. The first-order valence-electron chi connectivity index (χ1n) is 8.33. The molecule has 1 N–H and O–H groups in total. The van der Waals surface area contributed by atoms with E-state index in [1.165, 1.54) is 25.3 Å². The lowest BCUT2D eigenvalue weighted by atomic mass is 10.00. The quantitative estimate of drug-likeness (QED) is 0.814. The number of ether oxygens (including phenoxy) is 2. The summed E-state index contributed by atoms with van der Waals surface area (Å²) in [4.78, 5) is 18.9. The van der Waals surface area contributed by atoms with E-state index < -0.39 is 6.29 Å². The van der Waals surface area contributed by atoms with Gasteiger partial charge in [0.05, 0.1) is 12.1 Å². The molecule has 0 saturated carbocycles. The van der Waals surface area contributed by atoms with Crippen molar-refractivity contribution in [1.29, 1.82) is 0 Å². The van der Waals surface area contributed by atoms with Gasteiger partial charge in [0.1, 0.15) is 5.82 Å². The summed E-state index contributed by atoms with van der Waals surface area (Å²) in [5, 5.41) is 2.77. The number of fused-ring (bicyclic) bond motifs is 1. The van der Waals surface area contributed by atoms with Crippen molar-refractivity contribution >= 4 is 11.7 Å². The second kappa shape index (κ2) is 8.09. The van der Waals surface area contributed by atoms with Gasteiger partial charge in [0.15, 0.2) is 6.29 Å². The number of carbonyl (C=O) groups is 1. The summed E-state index contributed by atoms with van der Waals surface area (Å²) in [7, 11) is 3.07. The van der Waals surface area contributed by atoms with Crippen molar-refractivity contribution in [2.24, 2.45) is 0 Å². The molecule has 1 aliphatic heterocycles. The molecule has 0 spiro atoms. The van der Waals surface area contributed by atoms with Crippen LogP contribution in [0.3, 0.4) is 0 Å². The van der Waals surface area contributed by atoms with E-state index in [1.54, 1.807) is 12.3 Å². The Morgan fingerprint density at radius 2 is 1.96 bits per heavy atom. The maximum Gasteiger partial charge on any atom is 0.253 e. The third-order valence-electron chi connectivity index (χ3n) is 4.42. The molecule has 1 aromatic heterocycles. The summed E-state index contributed by atoms with van der Waals surface area (Å²) < 4.78 is 10.1. The fourth-order valence-corrected chi connectivity index (χ4v) is 2.94. The highest BCUT2D eigenvalue weighted by Crippen LogP contribution is 2.22. The Morgan fingerprint density at radius 1 is 1.20 bits per heavy atom. The van der Waals surface area contributed by atoms with Crippen molar-refractivity contribution in [2.45, 2.75) is 19.3 Å². The first-order valence-corrected chi connectivity index (χ1v) is 8.33. The monoisotopic (exact) mass is 341 g/mol. The van der Waals surface area contributed by atoms with Gasteiger partial charge in [0.25, 0.3) is 5.91 Å². The summed E-state index contributed by atoms with van der Waals surface area (Å²) in [6.07, 6.45) is 2.17. The Bertz CT molecular complexity index is 714. The Labute approximate surface area is 147 Å². The van der Waals surface area contributed by atoms with Crippen molar-refractivity contribution < 1.29 is 14.3 Å². The van der Waals surface area contributed by atoms with E-state index in [2.05, 4.69) is 39.5 Å². The Hall–Kier alpha value is -2.44. The predicted molar refractivity (Wildman–Crippen MR) is 95.6 cm³/mol. The third kappa shape index (κ3) is 4.15. The number of nitrogens with one attached hydrogen (secondary N) is 1. The van der Waals surface area contributed by atoms with Crippen LogP contribution in [0.25, 0.3) is 0 Å². The van der Waals surface area contributed by atoms with Gasteiger partial charge in [-0.25, -0.2) is 4.98 Å². The zero-order chi connectivity index (χ0) is 17.6. The summed E-state index contributed by atoms with van der Waals surface area (Å²) in [5.74, 6) is 0.694. The standard InChI is InChI=1S/C19H23N3O3/c1-24-18(25-2)12-21-19(23)15-7-8-17(20-11-15)22-10-9-14-5-3-4-6-16(14)13-22/h3-8,11,18H,9-10,12-13H2,1-2H3,(H,21,23). The van der Waals surface area contributed by atoms with Gasteiger partial charge >= 0.3 is 0 Å². The normalized spacial score (nSPS) is 13.6. The number of carbonyl (C=O) groups excluding carboxylic acids is 1. The summed E-state index contributed by atoms with van der Waals surface area (Å²) in [5.41, 5.74) is 3.26. The fraction of sp³-hybridized carbons (Fsp3) is 0.368. The van der Waals surface area contributed by atoms with E-state index in [0.717, 1.165) is 25.3 Å². The van der Waals surface area contributed by atoms with Crippen LogP contribution in [0.2, 0.25) is 0 Å². The van der Waals surface area contributed by atoms with E-state index in [1.807, 2.05) is 6.07 Å². The number of aromatic nitrogens is 1. The number of benzene rings is 1. The van der Waals surface area contributed by atoms with Crippen molar-refractivity contribution in [3.05, 3.63) is 59.3 Å². The lowest BCUT2D eigenvalue weighted by Crippen LogP contribution is -2.34. The molecule has 1 aliphatic rings. The van der Waals surface area contributed by atoms with Crippen LogP contribution >= 0.6 is 0 Å². The second-order valence-electron chi connectivity index (χ2n) is 5.96. The third-order valence-corrected chi connectivity index (χ3v) is 4.42. The molecule has 0 aliphatic carbocycles. The molecule has 0 unspecified atom stereocenters. The van der Waals surface area contributed by atoms with Gasteiger partial charge in [-0.15, -0.1) is 0 Å². The number of pyridine rings is 1. The van der Waals surface area contributed by atoms with Crippen molar-refractivity contribution in [3.8, 4) is 0 Å². The van der Waals surface area contributed by atoms with Gasteiger partial charge in [-0.05, 0) is 29.7 Å². The van der Waals surface area contributed by atoms with Crippen LogP contribution in [0, 0.1) is 0 Å². The highest BCUT2D eigenvalue weighted by Gasteiger charge is 2.17. The smallest absolute Gasteiger partial charge is 0.253 e. The first-order chi connectivity index (χ1) is 12.2. The molecule has 2 heterocycles. The zero-order valence-corrected chi connectivity index (χ0v) is 14.6. The molecule has 6 heteroatoms. The molecule has 0 fully saturated rings. The topological polar surface area (TPSA) is 63.7 Å². The van der Waals surface area contributed by atoms with E-state index in [4.69, 9.17) is 9.47 Å². The number of hydrogen-bond donors (Lipinski definition) is 1. The minimum Gasteiger partial charge on any atom is -0.354 e. The van der Waals surface area contributed by atoms with Crippen molar-refractivity contribution in [2.75, 3.05) is 32.2 Å². The molecule has 6 nitrogen and oxygen atoms in total. The van der Waals surface area contributed by atoms with Crippen LogP contribution in [0.5, 0.6) is 0 Å². The Morgan fingerprint density at radius 3 is 2.64 bits per heavy atom. The SMILES string of the molecule is COC(CNC(=O)c1ccc(N2CCc3ccccc3C2)nc1)OC. The van der Waals surface area contributed by atoms with Gasteiger partial charge in [-0.2, -0.15) is 0 Å². The molecule has 1 aromatic carbocycles. The molecule has 2 aromatic rings. The largest absolute Gasteiger partial charge is 0.354 e. The maximum absolute atomic E-state index is 12.2. The van der Waals surface area contributed by atoms with Gasteiger partial charge in [0, 0.05) is 33.5 Å². The number of anilines is 1. The lowest BCUT2D eigenvalue weighted by molar-refractivity contribution is -0.0974. The van der Waals surface area contributed by atoms with Crippen LogP contribution < -0.4 is 10.2 Å². The minimum absolute atomic E-state index is 0.192. The highest BCUT2D eigenvalue weighted by atomic mass is 16.7. The van der Waals surface area contributed by atoms with Crippen LogP contribution in [0.4, 0.5) is 5.82 Å². The molecule has 0 atom stereocenters. The predicted octanol–water partition coefficient (Wildman–Crippen LogP) is 1.99. The molecule has 132 valence electrons. The number of nitrogens with zero attached hydrogens (tertiary/aromatic N) is 2. The number of amides is 1. The van der Waals surface area contributed by atoms with E-state index in [0.29, 0.717) is 5.56 Å². The summed E-state index contributed by atoms with van der Waals surface area (Å²) >= 11 is 0. The molecule has 0 saturated heterocycles. The van der Waals surface area contributed by atoms with Gasteiger partial charge in [-0.1, -0.05) is 24.3 Å².